The largest absolute Gasteiger partial charge is 0.462 e. The van der Waals surface area contributed by atoms with Gasteiger partial charge in [0, 0.05) is 19.3 Å². The highest BCUT2D eigenvalue weighted by Crippen LogP contribution is 2.15. The molecular weight excluding hydrogens is 588 g/mol. The average molecular weight is 667 g/mol. The minimum absolute atomic E-state index is 0.0644. The quantitative estimate of drug-likeness (QED) is 0.0373. The molecule has 0 heterocycles. The van der Waals surface area contributed by atoms with E-state index in [0.29, 0.717) is 19.3 Å². The van der Waals surface area contributed by atoms with Crippen molar-refractivity contribution in [1.82, 2.24) is 0 Å². The maximum Gasteiger partial charge on any atom is 0.306 e. The zero-order chi connectivity index (χ0) is 34.5. The highest BCUT2D eigenvalue weighted by molar-refractivity contribution is 5.71. The molecular formula is C41H78O6. The molecule has 0 saturated carbocycles. The molecule has 0 N–H and O–H groups in total. The molecule has 0 bridgehead atoms. The average Bonchev–Trinajstić information content (AvgIpc) is 3.06. The van der Waals surface area contributed by atoms with Crippen molar-refractivity contribution < 1.29 is 28.6 Å². The van der Waals surface area contributed by atoms with Crippen LogP contribution in [0.25, 0.3) is 0 Å². The van der Waals surface area contributed by atoms with E-state index in [9.17, 15) is 14.4 Å². The van der Waals surface area contributed by atoms with Crippen LogP contribution in [0.4, 0.5) is 0 Å². The first-order valence-electron chi connectivity index (χ1n) is 20.5. The van der Waals surface area contributed by atoms with Crippen LogP contribution < -0.4 is 0 Å². The normalized spacial score (nSPS) is 11.8. The Labute approximate surface area is 291 Å². The van der Waals surface area contributed by atoms with E-state index in [1.165, 1.54) is 122 Å². The fraction of sp³-hybridized carbons (Fsp3) is 0.927. The number of unbranched alkanes of at least 4 members (excludes halogenated alkanes) is 26. The summed E-state index contributed by atoms with van der Waals surface area (Å²) >= 11 is 0. The Hall–Kier alpha value is -1.59. The highest BCUT2D eigenvalue weighted by Gasteiger charge is 2.19. The van der Waals surface area contributed by atoms with Crippen molar-refractivity contribution in [3.63, 3.8) is 0 Å². The van der Waals surface area contributed by atoms with Gasteiger partial charge in [-0.1, -0.05) is 188 Å². The van der Waals surface area contributed by atoms with E-state index in [2.05, 4.69) is 20.8 Å². The lowest BCUT2D eigenvalue weighted by Crippen LogP contribution is -2.30. The molecule has 0 aromatic heterocycles. The van der Waals surface area contributed by atoms with Crippen LogP contribution in [0, 0.1) is 0 Å². The third kappa shape index (κ3) is 35.5. The number of ether oxygens (including phenoxy) is 3. The smallest absolute Gasteiger partial charge is 0.306 e. The second-order valence-corrected chi connectivity index (χ2v) is 13.9. The van der Waals surface area contributed by atoms with E-state index in [4.69, 9.17) is 14.2 Å². The summed E-state index contributed by atoms with van der Waals surface area (Å²) in [5, 5.41) is 0. The van der Waals surface area contributed by atoms with E-state index < -0.39 is 6.10 Å². The fourth-order valence-electron chi connectivity index (χ4n) is 5.97. The molecule has 47 heavy (non-hydrogen) atoms. The van der Waals surface area contributed by atoms with Gasteiger partial charge in [0.25, 0.3) is 0 Å². The minimum Gasteiger partial charge on any atom is -0.462 e. The van der Waals surface area contributed by atoms with E-state index >= 15 is 0 Å². The van der Waals surface area contributed by atoms with Crippen molar-refractivity contribution in [2.75, 3.05) is 13.2 Å². The van der Waals surface area contributed by atoms with Crippen molar-refractivity contribution in [2.24, 2.45) is 0 Å². The molecule has 0 unspecified atom stereocenters. The summed E-state index contributed by atoms with van der Waals surface area (Å²) in [5.74, 6) is -0.873. The van der Waals surface area contributed by atoms with Crippen molar-refractivity contribution in [3.05, 3.63) is 0 Å². The molecule has 278 valence electrons. The predicted molar refractivity (Wildman–Crippen MR) is 197 cm³/mol. The SMILES string of the molecule is CCCCCCCCCCCCCCC(=O)OC[C@H](COC(=O)CCCCCCC)OC(=O)CCCCCCCCCCCCCC. The molecule has 0 aromatic carbocycles. The van der Waals surface area contributed by atoms with Crippen molar-refractivity contribution in [2.45, 2.75) is 232 Å². The lowest BCUT2D eigenvalue weighted by atomic mass is 10.0. The van der Waals surface area contributed by atoms with Crippen LogP contribution in [0.5, 0.6) is 0 Å². The first kappa shape index (κ1) is 45.4. The maximum absolute atomic E-state index is 12.6. The first-order chi connectivity index (χ1) is 23.0. The van der Waals surface area contributed by atoms with Crippen LogP contribution in [0.15, 0.2) is 0 Å². The Morgan fingerprint density at radius 2 is 0.574 bits per heavy atom. The Bertz CT molecular complexity index is 693. The Morgan fingerprint density at radius 1 is 0.340 bits per heavy atom. The summed E-state index contributed by atoms with van der Waals surface area (Å²) in [7, 11) is 0. The van der Waals surface area contributed by atoms with Crippen LogP contribution in [-0.4, -0.2) is 37.2 Å². The van der Waals surface area contributed by atoms with Gasteiger partial charge in [0.1, 0.15) is 13.2 Å². The van der Waals surface area contributed by atoms with Gasteiger partial charge >= 0.3 is 17.9 Å². The molecule has 6 nitrogen and oxygen atoms in total. The van der Waals surface area contributed by atoms with Gasteiger partial charge in [-0.05, 0) is 19.3 Å². The monoisotopic (exact) mass is 667 g/mol. The van der Waals surface area contributed by atoms with Gasteiger partial charge in [0.15, 0.2) is 6.10 Å². The molecule has 0 radical (unpaired) electrons. The molecule has 0 aliphatic carbocycles. The van der Waals surface area contributed by atoms with E-state index in [0.717, 1.165) is 64.2 Å². The molecule has 0 spiro atoms. The number of esters is 3. The maximum atomic E-state index is 12.6. The summed E-state index contributed by atoms with van der Waals surface area (Å²) in [6.07, 6.45) is 35.4. The van der Waals surface area contributed by atoms with E-state index in [1.807, 2.05) is 0 Å². The van der Waals surface area contributed by atoms with Gasteiger partial charge in [0.05, 0.1) is 0 Å². The fourth-order valence-corrected chi connectivity index (χ4v) is 5.97. The van der Waals surface area contributed by atoms with Gasteiger partial charge in [-0.15, -0.1) is 0 Å². The minimum atomic E-state index is -0.755. The zero-order valence-corrected chi connectivity index (χ0v) is 31.6. The Kier molecular flexibility index (Phi) is 36.0. The third-order valence-electron chi connectivity index (χ3n) is 9.11. The van der Waals surface area contributed by atoms with Crippen molar-refractivity contribution in [3.8, 4) is 0 Å². The summed E-state index contributed by atoms with van der Waals surface area (Å²) < 4.78 is 16.5. The number of hydrogen-bond acceptors (Lipinski definition) is 6. The number of carbonyl (C=O) groups excluding carboxylic acids is 3. The molecule has 6 heteroatoms. The van der Waals surface area contributed by atoms with Gasteiger partial charge in [-0.3, -0.25) is 14.4 Å². The summed E-state index contributed by atoms with van der Waals surface area (Å²) in [5.41, 5.74) is 0. The molecule has 0 aromatic rings. The van der Waals surface area contributed by atoms with E-state index in [-0.39, 0.29) is 31.1 Å². The van der Waals surface area contributed by atoms with Crippen molar-refractivity contribution >= 4 is 17.9 Å². The Balaban J connectivity index is 4.24. The van der Waals surface area contributed by atoms with Gasteiger partial charge in [0.2, 0.25) is 0 Å². The number of rotatable bonds is 37. The number of hydrogen-bond donors (Lipinski definition) is 0. The Morgan fingerprint density at radius 3 is 0.851 bits per heavy atom. The topological polar surface area (TPSA) is 78.9 Å². The third-order valence-corrected chi connectivity index (χ3v) is 9.11. The molecule has 0 amide bonds. The lowest BCUT2D eigenvalue weighted by molar-refractivity contribution is -0.167. The molecule has 0 fully saturated rings. The zero-order valence-electron chi connectivity index (χ0n) is 31.6. The summed E-state index contributed by atoms with van der Waals surface area (Å²) in [4.78, 5) is 37.3. The second kappa shape index (κ2) is 37.2. The van der Waals surface area contributed by atoms with Gasteiger partial charge in [-0.2, -0.15) is 0 Å². The molecule has 0 saturated heterocycles. The first-order valence-corrected chi connectivity index (χ1v) is 20.5. The summed E-state index contributed by atoms with van der Waals surface area (Å²) in [6, 6.07) is 0. The molecule has 0 aliphatic rings. The predicted octanol–water partition coefficient (Wildman–Crippen LogP) is 12.5. The van der Waals surface area contributed by atoms with E-state index in [1.54, 1.807) is 0 Å². The van der Waals surface area contributed by atoms with Gasteiger partial charge < -0.3 is 14.2 Å². The van der Waals surface area contributed by atoms with Crippen LogP contribution in [0.3, 0.4) is 0 Å². The van der Waals surface area contributed by atoms with Crippen LogP contribution >= 0.6 is 0 Å². The second-order valence-electron chi connectivity index (χ2n) is 13.9. The van der Waals surface area contributed by atoms with Crippen LogP contribution in [-0.2, 0) is 28.6 Å². The van der Waals surface area contributed by atoms with Crippen LogP contribution in [0.2, 0.25) is 0 Å². The summed E-state index contributed by atoms with van der Waals surface area (Å²) in [6.45, 7) is 6.55. The van der Waals surface area contributed by atoms with Gasteiger partial charge in [-0.25, -0.2) is 0 Å². The van der Waals surface area contributed by atoms with Crippen LogP contribution in [0.1, 0.15) is 226 Å². The highest BCUT2D eigenvalue weighted by atomic mass is 16.6. The molecule has 0 aliphatic heterocycles. The lowest BCUT2D eigenvalue weighted by Gasteiger charge is -2.18. The standard InChI is InChI=1S/C41H78O6/c1-4-7-10-13-15-17-19-21-23-25-28-31-34-40(43)46-37-38(36-45-39(42)33-30-27-12-9-6-3)47-41(44)35-32-29-26-24-22-20-18-16-14-11-8-5-2/h38H,4-37H2,1-3H3/t38-/m0/s1. The number of carbonyl (C=O) groups is 3. The molecule has 1 atom stereocenters. The molecule has 0 rings (SSSR count). The van der Waals surface area contributed by atoms with Crippen molar-refractivity contribution in [1.29, 1.82) is 0 Å².